The fraction of sp³-hybridized carbons (Fsp3) is 0.235. The average Bonchev–Trinajstić information content (AvgIpc) is 2.54. The van der Waals surface area contributed by atoms with Gasteiger partial charge in [0, 0.05) is 19.1 Å². The van der Waals surface area contributed by atoms with Crippen LogP contribution in [0.15, 0.2) is 47.4 Å². The molecule has 0 heterocycles. The standard InChI is InChI=1S/C17H19ClN2O3S/c1-4-12-5-8-14(9-6-12)24(22,23)19-16-11-13(18)7-10-15(16)17(21)20(2)3/h5-11,19H,4H2,1-3H3. The van der Waals surface area contributed by atoms with Crippen LogP contribution in [-0.2, 0) is 16.4 Å². The minimum absolute atomic E-state index is 0.128. The van der Waals surface area contributed by atoms with Crippen molar-refractivity contribution in [1.29, 1.82) is 0 Å². The van der Waals surface area contributed by atoms with Crippen molar-refractivity contribution >= 4 is 33.2 Å². The van der Waals surface area contributed by atoms with Crippen LogP contribution in [0.3, 0.4) is 0 Å². The number of hydrogen-bond donors (Lipinski definition) is 1. The Labute approximate surface area is 147 Å². The predicted octanol–water partition coefficient (Wildman–Crippen LogP) is 3.41. The van der Waals surface area contributed by atoms with Gasteiger partial charge < -0.3 is 4.90 Å². The number of halogens is 1. The van der Waals surface area contributed by atoms with Gasteiger partial charge in [0.2, 0.25) is 0 Å². The third-order valence-corrected chi connectivity index (χ3v) is 5.12. The first-order chi connectivity index (χ1) is 11.2. The molecule has 7 heteroatoms. The number of carbonyl (C=O) groups excluding carboxylic acids is 1. The van der Waals surface area contributed by atoms with Gasteiger partial charge in [0.25, 0.3) is 15.9 Å². The van der Waals surface area contributed by atoms with E-state index in [1.807, 2.05) is 6.92 Å². The molecule has 0 atom stereocenters. The highest BCUT2D eigenvalue weighted by atomic mass is 35.5. The van der Waals surface area contributed by atoms with Crippen LogP contribution in [0.2, 0.25) is 5.02 Å². The van der Waals surface area contributed by atoms with Crippen molar-refractivity contribution in [2.75, 3.05) is 18.8 Å². The molecular formula is C17H19ClN2O3S. The van der Waals surface area contributed by atoms with Crippen molar-refractivity contribution < 1.29 is 13.2 Å². The molecule has 0 fully saturated rings. The van der Waals surface area contributed by atoms with E-state index in [4.69, 9.17) is 11.6 Å². The second-order valence-corrected chi connectivity index (χ2v) is 7.61. The number of sulfonamides is 1. The number of nitrogens with zero attached hydrogens (tertiary/aromatic N) is 1. The summed E-state index contributed by atoms with van der Waals surface area (Å²) in [5.74, 6) is -0.314. The Morgan fingerprint density at radius 3 is 2.29 bits per heavy atom. The Bertz CT molecular complexity index is 847. The number of anilines is 1. The van der Waals surface area contributed by atoms with Crippen LogP contribution in [-0.4, -0.2) is 33.3 Å². The Kier molecular flexibility index (Phi) is 5.51. The molecule has 0 unspecified atom stereocenters. The lowest BCUT2D eigenvalue weighted by Crippen LogP contribution is -2.24. The highest BCUT2D eigenvalue weighted by Crippen LogP contribution is 2.25. The summed E-state index contributed by atoms with van der Waals surface area (Å²) in [6.45, 7) is 1.99. The molecule has 0 radical (unpaired) electrons. The first kappa shape index (κ1) is 18.3. The maximum atomic E-state index is 12.6. The number of carbonyl (C=O) groups is 1. The molecule has 1 amide bonds. The van der Waals surface area contributed by atoms with E-state index in [-0.39, 0.29) is 22.1 Å². The summed E-state index contributed by atoms with van der Waals surface area (Å²) in [4.78, 5) is 13.7. The van der Waals surface area contributed by atoms with Crippen molar-refractivity contribution in [2.45, 2.75) is 18.2 Å². The smallest absolute Gasteiger partial charge is 0.261 e. The average molecular weight is 367 g/mol. The van der Waals surface area contributed by atoms with Crippen LogP contribution in [0.25, 0.3) is 0 Å². The molecule has 5 nitrogen and oxygen atoms in total. The maximum Gasteiger partial charge on any atom is 0.261 e. The van der Waals surface area contributed by atoms with E-state index >= 15 is 0 Å². The van der Waals surface area contributed by atoms with Crippen molar-refractivity contribution in [3.05, 3.63) is 58.6 Å². The molecule has 1 N–H and O–H groups in total. The van der Waals surface area contributed by atoms with Gasteiger partial charge in [0.05, 0.1) is 16.1 Å². The lowest BCUT2D eigenvalue weighted by molar-refractivity contribution is 0.0828. The van der Waals surface area contributed by atoms with Crippen LogP contribution in [0.1, 0.15) is 22.8 Å². The molecule has 2 aromatic rings. The minimum Gasteiger partial charge on any atom is -0.345 e. The summed E-state index contributed by atoms with van der Waals surface area (Å²) in [6, 6.07) is 11.1. The van der Waals surface area contributed by atoms with Crippen molar-refractivity contribution in [3.63, 3.8) is 0 Å². The van der Waals surface area contributed by atoms with Gasteiger partial charge in [-0.25, -0.2) is 8.42 Å². The summed E-state index contributed by atoms with van der Waals surface area (Å²) in [7, 11) is -0.624. The molecular weight excluding hydrogens is 348 g/mol. The summed E-state index contributed by atoms with van der Waals surface area (Å²) < 4.78 is 27.6. The van der Waals surface area contributed by atoms with Crippen molar-refractivity contribution in [3.8, 4) is 0 Å². The molecule has 0 aliphatic heterocycles. The van der Waals surface area contributed by atoms with Gasteiger partial charge >= 0.3 is 0 Å². The summed E-state index contributed by atoms with van der Waals surface area (Å²) >= 11 is 5.96. The predicted molar refractivity (Wildman–Crippen MR) is 96.1 cm³/mol. The second kappa shape index (κ2) is 7.23. The largest absolute Gasteiger partial charge is 0.345 e. The quantitative estimate of drug-likeness (QED) is 0.881. The van der Waals surface area contributed by atoms with E-state index in [2.05, 4.69) is 4.72 Å². The third-order valence-electron chi connectivity index (χ3n) is 3.50. The van der Waals surface area contributed by atoms with Crippen molar-refractivity contribution in [2.24, 2.45) is 0 Å². The summed E-state index contributed by atoms with van der Waals surface area (Å²) in [5.41, 5.74) is 1.43. The number of nitrogens with one attached hydrogen (secondary N) is 1. The minimum atomic E-state index is -3.82. The zero-order valence-electron chi connectivity index (χ0n) is 13.7. The van der Waals surface area contributed by atoms with Gasteiger partial charge in [-0.2, -0.15) is 0 Å². The first-order valence-electron chi connectivity index (χ1n) is 7.37. The topological polar surface area (TPSA) is 66.5 Å². The van der Waals surface area contributed by atoms with Crippen LogP contribution < -0.4 is 4.72 Å². The lowest BCUT2D eigenvalue weighted by atomic mass is 10.1. The fourth-order valence-corrected chi connectivity index (χ4v) is 3.38. The third kappa shape index (κ3) is 4.07. The number of aryl methyl sites for hydroxylation is 1. The first-order valence-corrected chi connectivity index (χ1v) is 9.23. The highest BCUT2D eigenvalue weighted by Gasteiger charge is 2.20. The molecule has 0 saturated heterocycles. The number of amides is 1. The van der Waals surface area contributed by atoms with Crippen LogP contribution >= 0.6 is 11.6 Å². The number of rotatable bonds is 5. The van der Waals surface area contributed by atoms with Gasteiger partial charge in [-0.1, -0.05) is 30.7 Å². The molecule has 0 aliphatic rings. The van der Waals surface area contributed by atoms with E-state index in [1.165, 1.54) is 17.0 Å². The molecule has 0 aliphatic carbocycles. The molecule has 0 bridgehead atoms. The second-order valence-electron chi connectivity index (χ2n) is 5.49. The van der Waals surface area contributed by atoms with E-state index in [0.717, 1.165) is 12.0 Å². The Morgan fingerprint density at radius 1 is 1.12 bits per heavy atom. The molecule has 0 aromatic heterocycles. The Hall–Kier alpha value is -2.05. The molecule has 0 spiro atoms. The van der Waals surface area contributed by atoms with E-state index in [0.29, 0.717) is 5.02 Å². The molecule has 0 saturated carbocycles. The maximum absolute atomic E-state index is 12.6. The Morgan fingerprint density at radius 2 is 1.75 bits per heavy atom. The van der Waals surface area contributed by atoms with Crippen LogP contribution in [0.4, 0.5) is 5.69 Å². The zero-order chi connectivity index (χ0) is 17.9. The normalized spacial score (nSPS) is 11.2. The van der Waals surface area contributed by atoms with E-state index in [9.17, 15) is 13.2 Å². The van der Waals surface area contributed by atoms with Gasteiger partial charge in [-0.3, -0.25) is 9.52 Å². The monoisotopic (exact) mass is 366 g/mol. The van der Waals surface area contributed by atoms with E-state index < -0.39 is 10.0 Å². The Balaban J connectivity index is 2.41. The zero-order valence-corrected chi connectivity index (χ0v) is 15.3. The van der Waals surface area contributed by atoms with Gasteiger partial charge in [-0.15, -0.1) is 0 Å². The summed E-state index contributed by atoms with van der Waals surface area (Å²) in [6.07, 6.45) is 0.823. The fourth-order valence-electron chi connectivity index (χ4n) is 2.14. The molecule has 24 heavy (non-hydrogen) atoms. The van der Waals surface area contributed by atoms with Gasteiger partial charge in [0.15, 0.2) is 0 Å². The number of benzene rings is 2. The van der Waals surface area contributed by atoms with Crippen molar-refractivity contribution in [1.82, 2.24) is 4.90 Å². The van der Waals surface area contributed by atoms with Gasteiger partial charge in [0.1, 0.15) is 0 Å². The number of hydrogen-bond acceptors (Lipinski definition) is 3. The molecule has 2 aromatic carbocycles. The molecule has 128 valence electrons. The van der Waals surface area contributed by atoms with E-state index in [1.54, 1.807) is 44.4 Å². The van der Waals surface area contributed by atoms with Crippen LogP contribution in [0.5, 0.6) is 0 Å². The SMILES string of the molecule is CCc1ccc(S(=O)(=O)Nc2cc(Cl)ccc2C(=O)N(C)C)cc1. The molecule has 2 rings (SSSR count). The lowest BCUT2D eigenvalue weighted by Gasteiger charge is -2.16. The summed E-state index contributed by atoms with van der Waals surface area (Å²) in [5, 5.41) is 0.337. The van der Waals surface area contributed by atoms with Gasteiger partial charge in [-0.05, 0) is 42.3 Å². The highest BCUT2D eigenvalue weighted by molar-refractivity contribution is 7.92. The van der Waals surface area contributed by atoms with Crippen LogP contribution in [0, 0.1) is 0 Å².